The summed E-state index contributed by atoms with van der Waals surface area (Å²) < 4.78 is 48.4. The smallest absolute Gasteiger partial charge is 0.333 e. The third kappa shape index (κ3) is 11.8. The zero-order chi connectivity index (χ0) is 49.9. The van der Waals surface area contributed by atoms with Crippen LogP contribution in [0.15, 0.2) is 58.7 Å². The number of phenols is 2. The molecule has 0 saturated heterocycles. The molecule has 16 heteroatoms. The lowest BCUT2D eigenvalue weighted by atomic mass is 9.84. The van der Waals surface area contributed by atoms with Crippen LogP contribution < -0.4 is 14.6 Å². The first kappa shape index (κ1) is 52.2. The van der Waals surface area contributed by atoms with E-state index in [0.29, 0.717) is 53.7 Å². The van der Waals surface area contributed by atoms with Crippen molar-refractivity contribution in [2.45, 2.75) is 175 Å². The van der Waals surface area contributed by atoms with Gasteiger partial charge in [-0.15, -0.1) is 0 Å². The SMILES string of the molecule is COC(=O)C(CCCN1Cc2c(cc(O)c3c2O[C@](C)(CC/C=C(\C)CCC=C(C)C)[C@@H](O)C3)C1=O)N1Cc2c(cc(O)c3c2O[C@](C)(CC/C=C(\C)CCC=C(C)C)[C@@H](OS(N)(=O)=O)C3)C1=O. The summed E-state index contributed by atoms with van der Waals surface area (Å²) in [5.41, 5.74) is 4.92. The molecule has 372 valence electrons. The molecule has 68 heavy (non-hydrogen) atoms. The third-order valence-corrected chi connectivity index (χ3v) is 14.4. The van der Waals surface area contributed by atoms with Gasteiger partial charge < -0.3 is 39.3 Å². The molecule has 4 aliphatic heterocycles. The molecule has 4 heterocycles. The lowest BCUT2D eigenvalue weighted by molar-refractivity contribution is -0.146. The fraction of sp³-hybridized carbons (Fsp3) is 0.558. The highest BCUT2D eigenvalue weighted by Gasteiger charge is 2.49. The second-order valence-electron chi connectivity index (χ2n) is 19.9. The lowest BCUT2D eigenvalue weighted by Gasteiger charge is -2.42. The van der Waals surface area contributed by atoms with E-state index in [0.717, 1.165) is 31.3 Å². The number of benzene rings is 2. The largest absolute Gasteiger partial charge is 0.508 e. The molecule has 0 saturated carbocycles. The van der Waals surface area contributed by atoms with E-state index in [1.807, 2.05) is 27.7 Å². The van der Waals surface area contributed by atoms with Gasteiger partial charge in [0, 0.05) is 41.6 Å². The number of nitrogens with two attached hydrogens (primary N) is 1. The molecule has 5 atom stereocenters. The van der Waals surface area contributed by atoms with E-state index < -0.39 is 51.6 Å². The number of esters is 1. The zero-order valence-corrected chi connectivity index (χ0v) is 42.0. The molecule has 0 radical (unpaired) electrons. The molecule has 0 aromatic heterocycles. The number of nitrogens with zero attached hydrogens (tertiary/aromatic N) is 2. The van der Waals surface area contributed by atoms with Crippen LogP contribution >= 0.6 is 0 Å². The molecule has 0 bridgehead atoms. The Hall–Kier alpha value is -5.16. The van der Waals surface area contributed by atoms with Crippen LogP contribution in [0.25, 0.3) is 0 Å². The molecule has 2 amide bonds. The van der Waals surface area contributed by atoms with Crippen LogP contribution in [0.2, 0.25) is 0 Å². The minimum Gasteiger partial charge on any atom is -0.508 e. The fourth-order valence-electron chi connectivity index (χ4n) is 9.80. The number of phenolic OH excluding ortho intramolecular Hbond substituents is 2. The molecule has 2 aromatic carbocycles. The summed E-state index contributed by atoms with van der Waals surface area (Å²) >= 11 is 0. The van der Waals surface area contributed by atoms with Crippen LogP contribution in [0.5, 0.6) is 23.0 Å². The number of allylic oxidation sites excluding steroid dienone is 8. The van der Waals surface area contributed by atoms with Gasteiger partial charge in [0.25, 0.3) is 11.8 Å². The molecule has 4 aliphatic rings. The Kier molecular flexibility index (Phi) is 16.3. The molecule has 0 fully saturated rings. The molecule has 2 aromatic rings. The number of fused-ring (bicyclic) bond motifs is 6. The number of rotatable bonds is 20. The van der Waals surface area contributed by atoms with E-state index in [1.54, 1.807) is 11.8 Å². The minimum atomic E-state index is -4.43. The number of amides is 2. The first-order valence-corrected chi connectivity index (χ1v) is 25.2. The van der Waals surface area contributed by atoms with Crippen molar-refractivity contribution in [2.75, 3.05) is 13.7 Å². The Morgan fingerprint density at radius 2 is 1.31 bits per heavy atom. The average Bonchev–Trinajstić information content (AvgIpc) is 3.74. The number of aliphatic hydroxyl groups is 1. The highest BCUT2D eigenvalue weighted by molar-refractivity contribution is 7.84. The Bertz CT molecular complexity index is 2520. The number of aliphatic hydroxyl groups excluding tert-OH is 1. The number of carbonyl (C=O) groups excluding carboxylic acids is 3. The summed E-state index contributed by atoms with van der Waals surface area (Å²) in [6, 6.07) is 1.66. The molecule has 5 N–H and O–H groups in total. The number of methoxy groups -OCH3 is 1. The Balaban J connectivity index is 1.16. The van der Waals surface area contributed by atoms with Gasteiger partial charge in [-0.25, -0.2) is 9.93 Å². The quantitative estimate of drug-likeness (QED) is 0.0728. The van der Waals surface area contributed by atoms with Gasteiger partial charge in [-0.05, 0) is 132 Å². The van der Waals surface area contributed by atoms with E-state index in [1.165, 1.54) is 40.9 Å². The molecule has 0 spiro atoms. The van der Waals surface area contributed by atoms with E-state index in [-0.39, 0.29) is 79.6 Å². The normalized spacial score (nSPS) is 22.7. The number of carbonyl (C=O) groups is 3. The summed E-state index contributed by atoms with van der Waals surface area (Å²) in [6.07, 6.45) is 12.8. The highest BCUT2D eigenvalue weighted by atomic mass is 32.2. The van der Waals surface area contributed by atoms with E-state index in [4.69, 9.17) is 23.5 Å². The van der Waals surface area contributed by atoms with Crippen molar-refractivity contribution in [2.24, 2.45) is 5.14 Å². The van der Waals surface area contributed by atoms with Crippen LogP contribution in [-0.2, 0) is 49.9 Å². The van der Waals surface area contributed by atoms with E-state index in [9.17, 15) is 38.1 Å². The van der Waals surface area contributed by atoms with Gasteiger partial charge in [-0.3, -0.25) is 13.8 Å². The minimum absolute atomic E-state index is 0.0660. The summed E-state index contributed by atoms with van der Waals surface area (Å²) in [5.74, 6) is -1.28. The summed E-state index contributed by atoms with van der Waals surface area (Å²) in [4.78, 5) is 44.6. The molecular formula is C52H71N3O12S. The number of hydrogen-bond acceptors (Lipinski definition) is 12. The van der Waals surface area contributed by atoms with E-state index in [2.05, 4.69) is 45.1 Å². The van der Waals surface area contributed by atoms with Gasteiger partial charge in [0.15, 0.2) is 0 Å². The summed E-state index contributed by atoms with van der Waals surface area (Å²) in [6.45, 7) is 16.3. The maximum atomic E-state index is 14.2. The number of ether oxygens (including phenoxy) is 3. The van der Waals surface area contributed by atoms with Crippen LogP contribution in [0.1, 0.15) is 163 Å². The second-order valence-corrected chi connectivity index (χ2v) is 21.1. The number of aromatic hydroxyl groups is 2. The number of hydrogen-bond donors (Lipinski definition) is 4. The predicted octanol–water partition coefficient (Wildman–Crippen LogP) is 8.31. The van der Waals surface area contributed by atoms with Crippen molar-refractivity contribution < 1.29 is 56.5 Å². The van der Waals surface area contributed by atoms with Gasteiger partial charge in [0.05, 0.1) is 37.4 Å². The molecule has 0 aliphatic carbocycles. The van der Waals surface area contributed by atoms with Gasteiger partial charge >= 0.3 is 16.3 Å². The Labute approximate surface area is 401 Å². The monoisotopic (exact) mass is 961 g/mol. The maximum Gasteiger partial charge on any atom is 0.333 e. The van der Waals surface area contributed by atoms with Gasteiger partial charge in [0.2, 0.25) is 0 Å². The lowest BCUT2D eigenvalue weighted by Crippen LogP contribution is -2.52. The Morgan fingerprint density at radius 3 is 1.85 bits per heavy atom. The molecular weight excluding hydrogens is 891 g/mol. The van der Waals surface area contributed by atoms with Crippen molar-refractivity contribution in [3.05, 3.63) is 92.1 Å². The van der Waals surface area contributed by atoms with Crippen LogP contribution in [0.3, 0.4) is 0 Å². The zero-order valence-electron chi connectivity index (χ0n) is 41.2. The standard InChI is InChI=1S/C52H71N3O12S/c1-31(2)15-10-17-33(5)19-12-22-51(7)44(58)27-37-42(56)25-35-39(46(37)65-51)29-54(48(35)59)24-14-21-41(50(61)64-9)55-30-40-36(49(55)60)26-43(57)38-28-45(67-68(53,62)63)52(8,66-47(38)40)23-13-20-34(6)18-11-16-32(3)4/h15-16,19-20,25-26,41,44-45,56-58H,10-14,17-18,21-24,27-30H2,1-9H3,(H2,53,62,63)/b33-19+,34-20+/t41?,44-,45-,51+,52+/m0/s1. The molecule has 15 nitrogen and oxygen atoms in total. The van der Waals surface area contributed by atoms with Crippen molar-refractivity contribution in [1.29, 1.82) is 0 Å². The van der Waals surface area contributed by atoms with Crippen LogP contribution in [0.4, 0.5) is 0 Å². The molecule has 6 rings (SSSR count). The van der Waals surface area contributed by atoms with Crippen molar-refractivity contribution in [3.8, 4) is 23.0 Å². The van der Waals surface area contributed by atoms with Crippen molar-refractivity contribution >= 4 is 28.1 Å². The predicted molar refractivity (Wildman–Crippen MR) is 259 cm³/mol. The van der Waals surface area contributed by atoms with E-state index >= 15 is 0 Å². The van der Waals surface area contributed by atoms with Crippen molar-refractivity contribution in [3.63, 3.8) is 0 Å². The van der Waals surface area contributed by atoms with Crippen molar-refractivity contribution in [1.82, 2.24) is 9.80 Å². The fourth-order valence-corrected chi connectivity index (χ4v) is 10.4. The first-order valence-electron chi connectivity index (χ1n) is 23.7. The maximum absolute atomic E-state index is 14.2. The van der Waals surface area contributed by atoms with Gasteiger partial charge in [0.1, 0.15) is 46.3 Å². The van der Waals surface area contributed by atoms with Gasteiger partial charge in [-0.2, -0.15) is 8.42 Å². The highest BCUT2D eigenvalue weighted by Crippen LogP contribution is 2.49. The van der Waals surface area contributed by atoms with Crippen LogP contribution in [0, 0.1) is 0 Å². The third-order valence-electron chi connectivity index (χ3n) is 13.9. The molecule has 1 unspecified atom stereocenters. The van der Waals surface area contributed by atoms with Gasteiger partial charge in [-0.1, -0.05) is 46.6 Å². The second kappa shape index (κ2) is 21.2. The summed E-state index contributed by atoms with van der Waals surface area (Å²) in [5, 5.41) is 39.0. The summed E-state index contributed by atoms with van der Waals surface area (Å²) in [7, 11) is -3.20. The first-order chi connectivity index (χ1) is 31.9. The average molecular weight is 962 g/mol. The van der Waals surface area contributed by atoms with Crippen LogP contribution in [-0.4, -0.2) is 94.4 Å². The topological polar surface area (TPSA) is 215 Å². The Morgan fingerprint density at radius 1 is 0.794 bits per heavy atom.